The summed E-state index contributed by atoms with van der Waals surface area (Å²) < 4.78 is 31.3. The van der Waals surface area contributed by atoms with Crippen LogP contribution < -0.4 is 0 Å². The molecule has 2 heterocycles. The molecule has 3 rings (SSSR count). The molecule has 1 fully saturated rings. The van der Waals surface area contributed by atoms with Crippen LogP contribution in [0.5, 0.6) is 0 Å². The molecule has 0 aliphatic carbocycles. The Labute approximate surface area is 157 Å². The van der Waals surface area contributed by atoms with E-state index >= 15 is 0 Å². The average molecular weight is 398 g/mol. The van der Waals surface area contributed by atoms with Crippen LogP contribution in [0, 0.1) is 0 Å². The Morgan fingerprint density at radius 1 is 1.23 bits per heavy atom. The van der Waals surface area contributed by atoms with Gasteiger partial charge in [0.25, 0.3) is 0 Å². The third kappa shape index (κ3) is 3.76. The molecule has 9 heteroatoms. The lowest BCUT2D eigenvalue weighted by molar-refractivity contribution is 0.0295. The second-order valence-electron chi connectivity index (χ2n) is 7.19. The first-order valence-electron chi connectivity index (χ1n) is 8.22. The molecule has 0 bridgehead atoms. The molecule has 2 aromatic rings. The van der Waals surface area contributed by atoms with Crippen LogP contribution in [-0.2, 0) is 14.6 Å². The molecule has 0 N–H and O–H groups in total. The number of sulfone groups is 1. The lowest BCUT2D eigenvalue weighted by Gasteiger charge is -2.24. The van der Waals surface area contributed by atoms with Gasteiger partial charge in [0, 0.05) is 13.1 Å². The molecule has 140 valence electrons. The van der Waals surface area contributed by atoms with E-state index in [2.05, 4.69) is 9.97 Å². The summed E-state index contributed by atoms with van der Waals surface area (Å²) in [6.45, 7) is 5.64. The number of rotatable bonds is 2. The predicted octanol–water partition coefficient (Wildman–Crippen LogP) is 3.07. The van der Waals surface area contributed by atoms with Gasteiger partial charge in [0.2, 0.25) is 9.84 Å². The fourth-order valence-electron chi connectivity index (χ4n) is 2.78. The topological polar surface area (TPSA) is 89.5 Å². The minimum Gasteiger partial charge on any atom is -0.444 e. The molecule has 1 aromatic carbocycles. The van der Waals surface area contributed by atoms with Crippen LogP contribution >= 0.6 is 11.6 Å². The highest BCUT2D eigenvalue weighted by Gasteiger charge is 2.39. The Morgan fingerprint density at radius 2 is 1.85 bits per heavy atom. The van der Waals surface area contributed by atoms with Gasteiger partial charge in [-0.1, -0.05) is 23.7 Å². The third-order valence-electron chi connectivity index (χ3n) is 4.00. The second kappa shape index (κ2) is 6.66. The number of likely N-dealkylation sites (tertiary alicyclic amines) is 1. The molecule has 1 aliphatic heterocycles. The molecular formula is C17H20ClN3O4S. The maximum Gasteiger partial charge on any atom is 0.410 e. The van der Waals surface area contributed by atoms with Crippen LogP contribution in [0.1, 0.15) is 27.2 Å². The first kappa shape index (κ1) is 18.8. The van der Waals surface area contributed by atoms with Crippen molar-refractivity contribution in [1.82, 2.24) is 14.9 Å². The molecule has 1 saturated heterocycles. The predicted molar refractivity (Wildman–Crippen MR) is 97.9 cm³/mol. The van der Waals surface area contributed by atoms with Crippen molar-refractivity contribution in [3.63, 3.8) is 0 Å². The smallest absolute Gasteiger partial charge is 0.410 e. The number of carbonyl (C=O) groups excluding carboxylic acids is 1. The van der Waals surface area contributed by atoms with Gasteiger partial charge >= 0.3 is 6.09 Å². The molecule has 0 unspecified atom stereocenters. The highest BCUT2D eigenvalue weighted by atomic mass is 35.5. The summed E-state index contributed by atoms with van der Waals surface area (Å²) in [5, 5.41) is -1.18. The van der Waals surface area contributed by atoms with Gasteiger partial charge in [-0.05, 0) is 39.3 Å². The number of aromatic nitrogens is 2. The molecule has 1 aliphatic rings. The van der Waals surface area contributed by atoms with Crippen molar-refractivity contribution in [3.05, 3.63) is 29.4 Å². The summed E-state index contributed by atoms with van der Waals surface area (Å²) in [7, 11) is -3.83. The van der Waals surface area contributed by atoms with Crippen LogP contribution in [0.25, 0.3) is 11.0 Å². The number of amides is 1. The first-order valence-corrected chi connectivity index (χ1v) is 10.1. The van der Waals surface area contributed by atoms with E-state index in [1.807, 2.05) is 0 Å². The fraction of sp³-hybridized carbons (Fsp3) is 0.471. The Kier molecular flexibility index (Phi) is 4.83. The molecule has 1 atom stereocenters. The summed E-state index contributed by atoms with van der Waals surface area (Å²) in [6, 6.07) is 6.92. The minimum absolute atomic E-state index is 0.0437. The van der Waals surface area contributed by atoms with Gasteiger partial charge in [-0.2, -0.15) is 0 Å². The largest absolute Gasteiger partial charge is 0.444 e. The summed E-state index contributed by atoms with van der Waals surface area (Å²) in [4.78, 5) is 21.9. The second-order valence-corrected chi connectivity index (χ2v) is 9.69. The van der Waals surface area contributed by atoms with Crippen molar-refractivity contribution in [1.29, 1.82) is 0 Å². The Balaban J connectivity index is 1.85. The zero-order chi connectivity index (χ0) is 19.1. The van der Waals surface area contributed by atoms with E-state index in [1.54, 1.807) is 45.0 Å². The van der Waals surface area contributed by atoms with Crippen molar-refractivity contribution < 1.29 is 17.9 Å². The van der Waals surface area contributed by atoms with E-state index in [0.29, 0.717) is 24.0 Å². The summed E-state index contributed by atoms with van der Waals surface area (Å²) in [5.74, 6) is 0. The normalized spacial score (nSPS) is 18.3. The highest BCUT2D eigenvalue weighted by molar-refractivity contribution is 7.92. The van der Waals surface area contributed by atoms with E-state index in [0.717, 1.165) is 0 Å². The van der Waals surface area contributed by atoms with Gasteiger partial charge in [-0.3, -0.25) is 0 Å². The Bertz CT molecular complexity index is 956. The van der Waals surface area contributed by atoms with Crippen molar-refractivity contribution >= 4 is 38.6 Å². The SMILES string of the molecule is CC(C)(C)OC(=O)N1CC[C@@H](S(=O)(=O)c2nc3ccccc3nc2Cl)C1. The minimum atomic E-state index is -3.83. The van der Waals surface area contributed by atoms with Crippen molar-refractivity contribution in [2.75, 3.05) is 13.1 Å². The van der Waals surface area contributed by atoms with Crippen LogP contribution in [-0.4, -0.2) is 53.3 Å². The van der Waals surface area contributed by atoms with E-state index < -0.39 is 26.8 Å². The molecule has 1 aromatic heterocycles. The van der Waals surface area contributed by atoms with Crippen LogP contribution in [0.15, 0.2) is 29.3 Å². The zero-order valence-electron chi connectivity index (χ0n) is 14.8. The summed E-state index contributed by atoms with van der Waals surface area (Å²) >= 11 is 6.09. The number of fused-ring (bicyclic) bond motifs is 1. The molecule has 0 radical (unpaired) electrons. The molecule has 1 amide bonds. The third-order valence-corrected chi connectivity index (χ3v) is 6.47. The van der Waals surface area contributed by atoms with Crippen molar-refractivity contribution in [3.8, 4) is 0 Å². The van der Waals surface area contributed by atoms with Crippen LogP contribution in [0.4, 0.5) is 4.79 Å². The lowest BCUT2D eigenvalue weighted by Crippen LogP contribution is -2.36. The van der Waals surface area contributed by atoms with Crippen LogP contribution in [0.3, 0.4) is 0 Å². The van der Waals surface area contributed by atoms with Crippen molar-refractivity contribution in [2.45, 2.75) is 43.1 Å². The highest BCUT2D eigenvalue weighted by Crippen LogP contribution is 2.29. The molecule has 7 nitrogen and oxygen atoms in total. The molecular weight excluding hydrogens is 378 g/mol. The summed E-state index contributed by atoms with van der Waals surface area (Å²) in [5.41, 5.74) is 0.344. The fourth-order valence-corrected chi connectivity index (χ4v) is 4.84. The van der Waals surface area contributed by atoms with Gasteiger partial charge in [-0.25, -0.2) is 23.2 Å². The Morgan fingerprint density at radius 3 is 2.46 bits per heavy atom. The maximum atomic E-state index is 13.0. The molecule has 0 saturated carbocycles. The zero-order valence-corrected chi connectivity index (χ0v) is 16.3. The monoisotopic (exact) mass is 397 g/mol. The van der Waals surface area contributed by atoms with Crippen LogP contribution in [0.2, 0.25) is 5.15 Å². The van der Waals surface area contributed by atoms with Crippen molar-refractivity contribution in [2.24, 2.45) is 0 Å². The quantitative estimate of drug-likeness (QED) is 0.773. The van der Waals surface area contributed by atoms with Gasteiger partial charge in [-0.15, -0.1) is 0 Å². The molecule has 26 heavy (non-hydrogen) atoms. The first-order chi connectivity index (χ1) is 12.1. The number of hydrogen-bond acceptors (Lipinski definition) is 6. The van der Waals surface area contributed by atoms with Gasteiger partial charge < -0.3 is 9.64 Å². The number of nitrogens with zero attached hydrogens (tertiary/aromatic N) is 3. The number of halogens is 1. The number of hydrogen-bond donors (Lipinski definition) is 0. The van der Waals surface area contributed by atoms with E-state index in [-0.39, 0.29) is 16.7 Å². The van der Waals surface area contributed by atoms with E-state index in [1.165, 1.54) is 4.90 Å². The number of carbonyl (C=O) groups is 1. The van der Waals surface area contributed by atoms with Gasteiger partial charge in [0.05, 0.1) is 16.3 Å². The number of ether oxygens (including phenoxy) is 1. The van der Waals surface area contributed by atoms with Gasteiger partial charge in [0.1, 0.15) is 5.60 Å². The Hall–Kier alpha value is -1.93. The standard InChI is InChI=1S/C17H20ClN3O4S/c1-17(2,3)25-16(22)21-9-8-11(10-21)26(23,24)15-14(18)19-12-6-4-5-7-13(12)20-15/h4-7,11H,8-10H2,1-3H3/t11-/m1/s1. The maximum absolute atomic E-state index is 13.0. The van der Waals surface area contributed by atoms with E-state index in [4.69, 9.17) is 16.3 Å². The van der Waals surface area contributed by atoms with Gasteiger partial charge in [0.15, 0.2) is 10.2 Å². The average Bonchev–Trinajstić information content (AvgIpc) is 3.03. The number of benzene rings is 1. The summed E-state index contributed by atoms with van der Waals surface area (Å²) in [6.07, 6.45) is -0.224. The number of para-hydroxylation sites is 2. The van der Waals surface area contributed by atoms with E-state index in [9.17, 15) is 13.2 Å². The lowest BCUT2D eigenvalue weighted by atomic mass is 10.2. The molecule has 0 spiro atoms.